The molecule has 1 aromatic heterocycles. The van der Waals surface area contributed by atoms with Gasteiger partial charge in [0.1, 0.15) is 0 Å². The minimum atomic E-state index is 0.118. The van der Waals surface area contributed by atoms with Crippen molar-refractivity contribution in [3.05, 3.63) is 36.2 Å². The van der Waals surface area contributed by atoms with Gasteiger partial charge in [-0.05, 0) is 42.9 Å². The summed E-state index contributed by atoms with van der Waals surface area (Å²) in [5.74, 6) is 0.861. The van der Waals surface area contributed by atoms with E-state index in [1.807, 2.05) is 23.1 Å². The van der Waals surface area contributed by atoms with E-state index in [1.165, 1.54) is 12.8 Å². The summed E-state index contributed by atoms with van der Waals surface area (Å²) in [4.78, 5) is 18.1. The molecule has 1 fully saturated rings. The predicted octanol–water partition coefficient (Wildman–Crippen LogP) is 2.74. The maximum Gasteiger partial charge on any atom is 0.246 e. The predicted molar refractivity (Wildman–Crippen MR) is 72.9 cm³/mol. The summed E-state index contributed by atoms with van der Waals surface area (Å²) >= 11 is 0. The van der Waals surface area contributed by atoms with Crippen LogP contribution in [0.4, 0.5) is 0 Å². The second kappa shape index (κ2) is 6.34. The average Bonchev–Trinajstić information content (AvgIpc) is 3.21. The number of carbonyl (C=O) groups is 1. The molecule has 0 unspecified atom stereocenters. The number of carbonyl (C=O) groups excluding carboxylic acids is 1. The van der Waals surface area contributed by atoms with Gasteiger partial charge in [-0.3, -0.25) is 9.78 Å². The van der Waals surface area contributed by atoms with E-state index in [1.54, 1.807) is 18.5 Å². The van der Waals surface area contributed by atoms with Gasteiger partial charge < -0.3 is 4.90 Å². The van der Waals surface area contributed by atoms with Crippen molar-refractivity contribution in [1.29, 1.82) is 0 Å². The highest BCUT2D eigenvalue weighted by molar-refractivity contribution is 5.91. The molecular formula is C15H20N2O. The van der Waals surface area contributed by atoms with Gasteiger partial charge in [-0.2, -0.15) is 0 Å². The zero-order chi connectivity index (χ0) is 12.8. The number of pyridine rings is 1. The highest BCUT2D eigenvalue weighted by Gasteiger charge is 2.25. The third-order valence-corrected chi connectivity index (χ3v) is 3.08. The maximum absolute atomic E-state index is 12.1. The van der Waals surface area contributed by atoms with Gasteiger partial charge in [0.2, 0.25) is 5.91 Å². The van der Waals surface area contributed by atoms with Gasteiger partial charge in [0.05, 0.1) is 0 Å². The fourth-order valence-corrected chi connectivity index (χ4v) is 1.92. The van der Waals surface area contributed by atoms with Crippen LogP contribution in [0.3, 0.4) is 0 Å². The largest absolute Gasteiger partial charge is 0.339 e. The highest BCUT2D eigenvalue weighted by Crippen LogP contribution is 2.29. The van der Waals surface area contributed by atoms with Crippen molar-refractivity contribution in [1.82, 2.24) is 9.88 Å². The topological polar surface area (TPSA) is 33.2 Å². The lowest BCUT2D eigenvalue weighted by atomic mass is 10.2. The number of hydrogen-bond acceptors (Lipinski definition) is 2. The minimum absolute atomic E-state index is 0.118. The number of aromatic nitrogens is 1. The van der Waals surface area contributed by atoms with Crippen LogP contribution < -0.4 is 0 Å². The van der Waals surface area contributed by atoms with E-state index >= 15 is 0 Å². The van der Waals surface area contributed by atoms with Crippen LogP contribution in [-0.2, 0) is 4.79 Å². The average molecular weight is 244 g/mol. The van der Waals surface area contributed by atoms with Crippen LogP contribution >= 0.6 is 0 Å². The first-order valence-corrected chi connectivity index (χ1v) is 6.66. The molecule has 1 aromatic rings. The van der Waals surface area contributed by atoms with E-state index in [0.717, 1.165) is 31.0 Å². The molecule has 1 aliphatic rings. The molecule has 96 valence electrons. The van der Waals surface area contributed by atoms with Gasteiger partial charge in [-0.25, -0.2) is 0 Å². The lowest BCUT2D eigenvalue weighted by molar-refractivity contribution is -0.126. The minimum Gasteiger partial charge on any atom is -0.339 e. The number of nitrogens with zero attached hydrogens (tertiary/aromatic N) is 2. The molecule has 3 heteroatoms. The van der Waals surface area contributed by atoms with Gasteiger partial charge in [0.15, 0.2) is 0 Å². The molecule has 0 radical (unpaired) electrons. The molecule has 1 aliphatic carbocycles. The Kier molecular flexibility index (Phi) is 4.51. The Morgan fingerprint density at radius 3 is 3.00 bits per heavy atom. The van der Waals surface area contributed by atoms with E-state index < -0.39 is 0 Å². The molecule has 0 saturated heterocycles. The summed E-state index contributed by atoms with van der Waals surface area (Å²) in [6.07, 6.45) is 10.6. The molecular weight excluding hydrogens is 224 g/mol. The SMILES string of the molecule is CCCN(CC1CC1)C(=O)/C=C/c1cccnc1. The molecule has 0 bridgehead atoms. The lowest BCUT2D eigenvalue weighted by Crippen LogP contribution is -2.32. The van der Waals surface area contributed by atoms with Gasteiger partial charge in [0, 0.05) is 31.6 Å². The summed E-state index contributed by atoms with van der Waals surface area (Å²) in [7, 11) is 0. The Hall–Kier alpha value is -1.64. The van der Waals surface area contributed by atoms with Crippen LogP contribution in [0.5, 0.6) is 0 Å². The number of hydrogen-bond donors (Lipinski definition) is 0. The summed E-state index contributed by atoms with van der Waals surface area (Å²) < 4.78 is 0. The van der Waals surface area contributed by atoms with Crippen molar-refractivity contribution in [2.45, 2.75) is 26.2 Å². The molecule has 0 spiro atoms. The highest BCUT2D eigenvalue weighted by atomic mass is 16.2. The van der Waals surface area contributed by atoms with Crippen LogP contribution in [0.15, 0.2) is 30.6 Å². The molecule has 1 heterocycles. The molecule has 0 aromatic carbocycles. The second-order valence-electron chi connectivity index (χ2n) is 4.85. The standard InChI is InChI=1S/C15H20N2O/c1-2-10-17(12-14-5-6-14)15(18)8-7-13-4-3-9-16-11-13/h3-4,7-9,11,14H,2,5-6,10,12H2,1H3/b8-7+. The fraction of sp³-hybridized carbons (Fsp3) is 0.467. The van der Waals surface area contributed by atoms with E-state index in [9.17, 15) is 4.79 Å². The van der Waals surface area contributed by atoms with Crippen molar-refractivity contribution >= 4 is 12.0 Å². The normalized spacial score (nSPS) is 14.9. The van der Waals surface area contributed by atoms with Crippen molar-refractivity contribution in [2.75, 3.05) is 13.1 Å². The quantitative estimate of drug-likeness (QED) is 0.721. The van der Waals surface area contributed by atoms with Crippen LogP contribution in [0.1, 0.15) is 31.7 Å². The van der Waals surface area contributed by atoms with E-state index in [2.05, 4.69) is 11.9 Å². The summed E-state index contributed by atoms with van der Waals surface area (Å²) in [5, 5.41) is 0. The molecule has 0 atom stereocenters. The third kappa shape index (κ3) is 3.99. The molecule has 1 saturated carbocycles. The van der Waals surface area contributed by atoms with Crippen LogP contribution in [0.2, 0.25) is 0 Å². The van der Waals surface area contributed by atoms with Crippen molar-refractivity contribution in [3.63, 3.8) is 0 Å². The first-order chi connectivity index (χ1) is 8.79. The van der Waals surface area contributed by atoms with Crippen LogP contribution in [0.25, 0.3) is 6.08 Å². The lowest BCUT2D eigenvalue weighted by Gasteiger charge is -2.20. The zero-order valence-corrected chi connectivity index (χ0v) is 10.9. The Morgan fingerprint density at radius 2 is 2.39 bits per heavy atom. The Balaban J connectivity index is 1.93. The van der Waals surface area contributed by atoms with Gasteiger partial charge >= 0.3 is 0 Å². The summed E-state index contributed by atoms with van der Waals surface area (Å²) in [6, 6.07) is 3.82. The summed E-state index contributed by atoms with van der Waals surface area (Å²) in [5.41, 5.74) is 0.966. The molecule has 0 N–H and O–H groups in total. The van der Waals surface area contributed by atoms with Gasteiger partial charge in [-0.1, -0.05) is 13.0 Å². The smallest absolute Gasteiger partial charge is 0.246 e. The first kappa shape index (κ1) is 12.8. The Labute approximate surface area is 109 Å². The molecule has 3 nitrogen and oxygen atoms in total. The monoisotopic (exact) mass is 244 g/mol. The summed E-state index contributed by atoms with van der Waals surface area (Å²) in [6.45, 7) is 3.88. The van der Waals surface area contributed by atoms with Crippen molar-refractivity contribution in [2.24, 2.45) is 5.92 Å². The fourth-order valence-electron chi connectivity index (χ4n) is 1.92. The van der Waals surface area contributed by atoms with E-state index in [-0.39, 0.29) is 5.91 Å². The third-order valence-electron chi connectivity index (χ3n) is 3.08. The number of rotatable bonds is 6. The Bertz CT molecular complexity index is 410. The zero-order valence-electron chi connectivity index (χ0n) is 10.9. The van der Waals surface area contributed by atoms with E-state index in [0.29, 0.717) is 0 Å². The van der Waals surface area contributed by atoms with Crippen molar-refractivity contribution < 1.29 is 4.79 Å². The van der Waals surface area contributed by atoms with E-state index in [4.69, 9.17) is 0 Å². The van der Waals surface area contributed by atoms with Gasteiger partial charge in [0.25, 0.3) is 0 Å². The molecule has 18 heavy (non-hydrogen) atoms. The Morgan fingerprint density at radius 1 is 1.56 bits per heavy atom. The van der Waals surface area contributed by atoms with Crippen LogP contribution in [-0.4, -0.2) is 28.9 Å². The molecule has 0 aliphatic heterocycles. The van der Waals surface area contributed by atoms with Gasteiger partial charge in [-0.15, -0.1) is 0 Å². The molecule has 1 amide bonds. The maximum atomic E-state index is 12.1. The first-order valence-electron chi connectivity index (χ1n) is 6.66. The van der Waals surface area contributed by atoms with Crippen LogP contribution in [0, 0.1) is 5.92 Å². The number of amides is 1. The second-order valence-corrected chi connectivity index (χ2v) is 4.85. The molecule has 2 rings (SSSR count). The van der Waals surface area contributed by atoms with Crippen molar-refractivity contribution in [3.8, 4) is 0 Å².